The van der Waals surface area contributed by atoms with E-state index in [1.54, 1.807) is 0 Å². The summed E-state index contributed by atoms with van der Waals surface area (Å²) in [6.45, 7) is 1.99. The number of carbonyl (C=O) groups excluding carboxylic acids is 1. The fourth-order valence-corrected chi connectivity index (χ4v) is 1.23. The Balaban J connectivity index is 2.48. The third-order valence-electron chi connectivity index (χ3n) is 2.15. The maximum absolute atomic E-state index is 11.5. The minimum absolute atomic E-state index is 0.0862. The van der Waals surface area contributed by atoms with Crippen molar-refractivity contribution in [1.29, 1.82) is 0 Å². The van der Waals surface area contributed by atoms with Crippen LogP contribution in [-0.4, -0.2) is 22.5 Å². The van der Waals surface area contributed by atoms with Crippen molar-refractivity contribution < 1.29 is 19.7 Å². The number of ether oxygens (including phenoxy) is 1. The lowest BCUT2D eigenvalue weighted by atomic mass is 10.2. The normalized spacial score (nSPS) is 12.1. The summed E-state index contributed by atoms with van der Waals surface area (Å²) in [4.78, 5) is 11.5. The van der Waals surface area contributed by atoms with Crippen LogP contribution in [0, 0.1) is 0 Å². The number of aliphatic hydroxyl groups excluding tert-OH is 1. The topological polar surface area (TPSA) is 66.8 Å². The zero-order valence-electron chi connectivity index (χ0n) is 9.22. The molecule has 4 heteroatoms. The molecule has 0 aromatic heterocycles. The monoisotopic (exact) mass is 224 g/mol. The Bertz CT molecular complexity index is 331. The Hall–Kier alpha value is -1.55. The molecule has 0 aliphatic heterocycles. The smallest absolute Gasteiger partial charge is 0.340 e. The minimum atomic E-state index is -1.05. The average molecular weight is 224 g/mol. The number of phenolic OH excluding ortho intramolecular Hbond substituents is 1. The van der Waals surface area contributed by atoms with Crippen molar-refractivity contribution in [3.8, 4) is 5.75 Å². The van der Waals surface area contributed by atoms with Gasteiger partial charge in [-0.1, -0.05) is 13.3 Å². The molecule has 0 aliphatic carbocycles. The van der Waals surface area contributed by atoms with Gasteiger partial charge in [-0.3, -0.25) is 0 Å². The van der Waals surface area contributed by atoms with Gasteiger partial charge in [0.05, 0.1) is 5.56 Å². The molecule has 1 rings (SSSR count). The van der Waals surface area contributed by atoms with Gasteiger partial charge in [0, 0.05) is 6.42 Å². The number of benzene rings is 1. The zero-order valence-corrected chi connectivity index (χ0v) is 9.22. The summed E-state index contributed by atoms with van der Waals surface area (Å²) in [5, 5.41) is 18.4. The molecule has 1 unspecified atom stereocenters. The summed E-state index contributed by atoms with van der Waals surface area (Å²) in [7, 11) is 0. The van der Waals surface area contributed by atoms with Crippen LogP contribution in [0.25, 0.3) is 0 Å². The molecule has 0 spiro atoms. The first-order valence-corrected chi connectivity index (χ1v) is 5.31. The third kappa shape index (κ3) is 3.90. The second-order valence-corrected chi connectivity index (χ2v) is 3.55. The van der Waals surface area contributed by atoms with E-state index in [9.17, 15) is 9.90 Å². The summed E-state index contributed by atoms with van der Waals surface area (Å²) >= 11 is 0. The van der Waals surface area contributed by atoms with E-state index in [4.69, 9.17) is 9.84 Å². The molecule has 88 valence electrons. The predicted molar refractivity (Wildman–Crippen MR) is 59.1 cm³/mol. The van der Waals surface area contributed by atoms with Gasteiger partial charge in [-0.05, 0) is 30.7 Å². The molecule has 1 aromatic rings. The Morgan fingerprint density at radius 2 is 2.00 bits per heavy atom. The molecule has 0 fully saturated rings. The summed E-state index contributed by atoms with van der Waals surface area (Å²) in [6.07, 6.45) is 1.14. The van der Waals surface area contributed by atoms with Gasteiger partial charge in [0.2, 0.25) is 6.29 Å². The molecule has 0 saturated carbocycles. The summed E-state index contributed by atoms with van der Waals surface area (Å²) in [6, 6.07) is 5.69. The highest BCUT2D eigenvalue weighted by Crippen LogP contribution is 2.12. The van der Waals surface area contributed by atoms with Crippen LogP contribution in [0.15, 0.2) is 24.3 Å². The molecular formula is C12H16O4. The molecule has 0 amide bonds. The van der Waals surface area contributed by atoms with Crippen molar-refractivity contribution in [2.75, 3.05) is 0 Å². The molecule has 4 nitrogen and oxygen atoms in total. The fraction of sp³-hybridized carbons (Fsp3) is 0.417. The molecule has 2 N–H and O–H groups in total. The van der Waals surface area contributed by atoms with Crippen LogP contribution in [0.2, 0.25) is 0 Å². The fourth-order valence-electron chi connectivity index (χ4n) is 1.23. The van der Waals surface area contributed by atoms with Crippen LogP contribution in [0.3, 0.4) is 0 Å². The zero-order chi connectivity index (χ0) is 12.0. The highest BCUT2D eigenvalue weighted by molar-refractivity contribution is 5.89. The van der Waals surface area contributed by atoms with E-state index in [2.05, 4.69) is 0 Å². The van der Waals surface area contributed by atoms with E-state index in [0.717, 1.165) is 12.8 Å². The van der Waals surface area contributed by atoms with Gasteiger partial charge >= 0.3 is 5.97 Å². The molecule has 1 aromatic carbocycles. The van der Waals surface area contributed by atoms with Gasteiger partial charge in [-0.15, -0.1) is 0 Å². The highest BCUT2D eigenvalue weighted by atomic mass is 16.6. The molecular weight excluding hydrogens is 208 g/mol. The van der Waals surface area contributed by atoms with Gasteiger partial charge in [-0.25, -0.2) is 4.79 Å². The first kappa shape index (κ1) is 12.5. The lowest BCUT2D eigenvalue weighted by molar-refractivity contribution is -0.0692. The number of hydrogen-bond donors (Lipinski definition) is 2. The number of rotatable bonds is 5. The number of carbonyl (C=O) groups is 1. The second-order valence-electron chi connectivity index (χ2n) is 3.55. The van der Waals surface area contributed by atoms with Crippen LogP contribution in [0.4, 0.5) is 0 Å². The number of unbranched alkanes of at least 4 members (excludes halogenated alkanes) is 1. The van der Waals surface area contributed by atoms with Gasteiger partial charge in [0.1, 0.15) is 5.75 Å². The van der Waals surface area contributed by atoms with E-state index >= 15 is 0 Å². The SMILES string of the molecule is CCCCC(O)OC(=O)c1ccc(O)cc1. The van der Waals surface area contributed by atoms with Crippen molar-refractivity contribution in [2.45, 2.75) is 32.5 Å². The Kier molecular flexibility index (Phi) is 4.79. The molecule has 0 heterocycles. The van der Waals surface area contributed by atoms with Gasteiger partial charge in [0.25, 0.3) is 0 Å². The number of phenols is 1. The average Bonchev–Trinajstić information content (AvgIpc) is 2.27. The van der Waals surface area contributed by atoms with Gasteiger partial charge in [0.15, 0.2) is 0 Å². The maximum Gasteiger partial charge on any atom is 0.340 e. The van der Waals surface area contributed by atoms with E-state index in [1.165, 1.54) is 24.3 Å². The lowest BCUT2D eigenvalue weighted by Crippen LogP contribution is -2.17. The van der Waals surface area contributed by atoms with Gasteiger partial charge in [-0.2, -0.15) is 0 Å². The number of aliphatic hydroxyl groups is 1. The minimum Gasteiger partial charge on any atom is -0.508 e. The summed E-state index contributed by atoms with van der Waals surface area (Å²) in [5.74, 6) is -0.494. The van der Waals surface area contributed by atoms with Crippen LogP contribution < -0.4 is 0 Å². The summed E-state index contributed by atoms with van der Waals surface area (Å²) < 4.78 is 4.81. The molecule has 16 heavy (non-hydrogen) atoms. The quantitative estimate of drug-likeness (QED) is 0.593. The standard InChI is InChI=1S/C12H16O4/c1-2-3-4-11(14)16-12(15)9-5-7-10(13)8-6-9/h5-8,11,13-14H,2-4H2,1H3. The largest absolute Gasteiger partial charge is 0.508 e. The number of aromatic hydroxyl groups is 1. The molecule has 1 atom stereocenters. The van der Waals surface area contributed by atoms with Gasteiger partial charge < -0.3 is 14.9 Å². The van der Waals surface area contributed by atoms with E-state index < -0.39 is 12.3 Å². The predicted octanol–water partition coefficient (Wildman–Crippen LogP) is 2.06. The van der Waals surface area contributed by atoms with Crippen molar-refractivity contribution in [3.63, 3.8) is 0 Å². The Morgan fingerprint density at radius 1 is 1.38 bits per heavy atom. The molecule has 0 saturated heterocycles. The van der Waals surface area contributed by atoms with Crippen molar-refractivity contribution in [3.05, 3.63) is 29.8 Å². The Morgan fingerprint density at radius 3 is 2.56 bits per heavy atom. The Labute approximate surface area is 94.5 Å². The van der Waals surface area contributed by atoms with Crippen LogP contribution in [0.5, 0.6) is 5.75 Å². The highest BCUT2D eigenvalue weighted by Gasteiger charge is 2.12. The molecule has 0 bridgehead atoms. The second kappa shape index (κ2) is 6.12. The van der Waals surface area contributed by atoms with Crippen LogP contribution >= 0.6 is 0 Å². The van der Waals surface area contributed by atoms with Crippen molar-refractivity contribution in [2.24, 2.45) is 0 Å². The molecule has 0 radical (unpaired) electrons. The first-order valence-electron chi connectivity index (χ1n) is 5.31. The third-order valence-corrected chi connectivity index (χ3v) is 2.15. The summed E-state index contributed by atoms with van der Waals surface area (Å²) in [5.41, 5.74) is 0.313. The number of hydrogen-bond acceptors (Lipinski definition) is 4. The number of esters is 1. The van der Waals surface area contributed by atoms with E-state index in [0.29, 0.717) is 12.0 Å². The van der Waals surface area contributed by atoms with Crippen molar-refractivity contribution >= 4 is 5.97 Å². The van der Waals surface area contributed by atoms with E-state index in [1.807, 2.05) is 6.92 Å². The van der Waals surface area contributed by atoms with Crippen LogP contribution in [-0.2, 0) is 4.74 Å². The van der Waals surface area contributed by atoms with Crippen molar-refractivity contribution in [1.82, 2.24) is 0 Å². The van der Waals surface area contributed by atoms with Crippen LogP contribution in [0.1, 0.15) is 36.5 Å². The maximum atomic E-state index is 11.5. The lowest BCUT2D eigenvalue weighted by Gasteiger charge is -2.11. The first-order chi connectivity index (χ1) is 7.63. The van der Waals surface area contributed by atoms with E-state index in [-0.39, 0.29) is 5.75 Å². The molecule has 0 aliphatic rings.